The first kappa shape index (κ1) is 12.6. The van der Waals surface area contributed by atoms with Crippen LogP contribution in [-0.4, -0.2) is 25.8 Å². The van der Waals surface area contributed by atoms with E-state index < -0.39 is 5.97 Å². The molecule has 0 spiro atoms. The van der Waals surface area contributed by atoms with E-state index in [0.717, 1.165) is 38.1 Å². The number of rotatable bonds is 4. The number of hydrogen-bond donors (Lipinski definition) is 1. The summed E-state index contributed by atoms with van der Waals surface area (Å²) in [6, 6.07) is 0. The van der Waals surface area contributed by atoms with Gasteiger partial charge in [-0.1, -0.05) is 6.42 Å². The van der Waals surface area contributed by atoms with E-state index in [4.69, 9.17) is 5.11 Å². The molecular formula is C14H21N3O2. The largest absolute Gasteiger partial charge is 0.481 e. The van der Waals surface area contributed by atoms with Gasteiger partial charge in [0.1, 0.15) is 12.2 Å². The van der Waals surface area contributed by atoms with E-state index in [-0.39, 0.29) is 5.92 Å². The Morgan fingerprint density at radius 3 is 2.58 bits per heavy atom. The van der Waals surface area contributed by atoms with Crippen molar-refractivity contribution in [1.29, 1.82) is 0 Å². The molecule has 1 aromatic rings. The number of aromatic nitrogens is 3. The van der Waals surface area contributed by atoms with E-state index in [1.165, 1.54) is 19.3 Å². The quantitative estimate of drug-likeness (QED) is 0.906. The molecule has 0 amide bonds. The maximum Gasteiger partial charge on any atom is 0.306 e. The third kappa shape index (κ3) is 2.65. The van der Waals surface area contributed by atoms with Crippen molar-refractivity contribution in [2.75, 3.05) is 0 Å². The molecule has 1 heterocycles. The highest BCUT2D eigenvalue weighted by Crippen LogP contribution is 2.36. The van der Waals surface area contributed by atoms with Crippen molar-refractivity contribution in [3.8, 4) is 0 Å². The predicted molar refractivity (Wildman–Crippen MR) is 69.7 cm³/mol. The second kappa shape index (κ2) is 5.31. The molecule has 5 heteroatoms. The predicted octanol–water partition coefficient (Wildman–Crippen LogP) is 2.44. The van der Waals surface area contributed by atoms with Gasteiger partial charge < -0.3 is 9.67 Å². The number of carbonyl (C=O) groups is 1. The zero-order valence-corrected chi connectivity index (χ0v) is 11.2. The van der Waals surface area contributed by atoms with Gasteiger partial charge in [-0.2, -0.15) is 0 Å². The minimum atomic E-state index is -0.627. The van der Waals surface area contributed by atoms with Crippen LogP contribution in [0.3, 0.4) is 0 Å². The third-order valence-electron chi connectivity index (χ3n) is 4.77. The fraction of sp³-hybridized carbons (Fsp3) is 0.786. The molecule has 0 saturated heterocycles. The summed E-state index contributed by atoms with van der Waals surface area (Å²) in [5.74, 6) is 1.59. The van der Waals surface area contributed by atoms with Gasteiger partial charge in [0.25, 0.3) is 0 Å². The fourth-order valence-electron chi connectivity index (χ4n) is 3.26. The first-order valence-corrected chi connectivity index (χ1v) is 7.34. The van der Waals surface area contributed by atoms with E-state index in [0.29, 0.717) is 11.8 Å². The minimum absolute atomic E-state index is 0.122. The first-order chi connectivity index (χ1) is 9.24. The Morgan fingerprint density at radius 1 is 1.26 bits per heavy atom. The average Bonchev–Trinajstić information content (AvgIpc) is 2.76. The SMILES string of the molecule is O=C(O)C1CCC(Cn2cnnc2C2CCC2)CC1. The smallest absolute Gasteiger partial charge is 0.306 e. The van der Waals surface area contributed by atoms with Crippen molar-refractivity contribution < 1.29 is 9.90 Å². The Labute approximate surface area is 113 Å². The summed E-state index contributed by atoms with van der Waals surface area (Å²) in [6.07, 6.45) is 9.30. The molecule has 2 aliphatic carbocycles. The maximum absolute atomic E-state index is 10.9. The molecule has 2 fully saturated rings. The average molecular weight is 263 g/mol. The van der Waals surface area contributed by atoms with Crippen molar-refractivity contribution in [2.45, 2.75) is 57.4 Å². The van der Waals surface area contributed by atoms with E-state index in [1.54, 1.807) is 0 Å². The topological polar surface area (TPSA) is 68.0 Å². The molecule has 1 aromatic heterocycles. The summed E-state index contributed by atoms with van der Waals surface area (Å²) in [7, 11) is 0. The van der Waals surface area contributed by atoms with Crippen LogP contribution < -0.4 is 0 Å². The van der Waals surface area contributed by atoms with Gasteiger partial charge in [-0.3, -0.25) is 4.79 Å². The lowest BCUT2D eigenvalue weighted by Gasteiger charge is -2.29. The summed E-state index contributed by atoms with van der Waals surface area (Å²) in [6.45, 7) is 0.963. The monoisotopic (exact) mass is 263 g/mol. The zero-order valence-electron chi connectivity index (χ0n) is 11.2. The van der Waals surface area contributed by atoms with E-state index in [2.05, 4.69) is 14.8 Å². The van der Waals surface area contributed by atoms with Gasteiger partial charge in [-0.25, -0.2) is 0 Å². The lowest BCUT2D eigenvalue weighted by atomic mass is 9.81. The summed E-state index contributed by atoms with van der Waals surface area (Å²) in [4.78, 5) is 10.9. The summed E-state index contributed by atoms with van der Waals surface area (Å²) < 4.78 is 2.20. The molecule has 104 valence electrons. The summed E-state index contributed by atoms with van der Waals surface area (Å²) in [5, 5.41) is 17.3. The highest BCUT2D eigenvalue weighted by atomic mass is 16.4. The van der Waals surface area contributed by atoms with Crippen LogP contribution in [-0.2, 0) is 11.3 Å². The lowest BCUT2D eigenvalue weighted by Crippen LogP contribution is -2.25. The van der Waals surface area contributed by atoms with E-state index >= 15 is 0 Å². The van der Waals surface area contributed by atoms with Gasteiger partial charge in [-0.05, 0) is 44.4 Å². The van der Waals surface area contributed by atoms with Crippen LogP contribution in [0.5, 0.6) is 0 Å². The molecule has 0 unspecified atom stereocenters. The van der Waals surface area contributed by atoms with Crippen LogP contribution in [0.25, 0.3) is 0 Å². The van der Waals surface area contributed by atoms with Gasteiger partial charge in [0.05, 0.1) is 5.92 Å². The highest BCUT2D eigenvalue weighted by Gasteiger charge is 2.28. The molecule has 0 bridgehead atoms. The van der Waals surface area contributed by atoms with Gasteiger partial charge >= 0.3 is 5.97 Å². The van der Waals surface area contributed by atoms with Crippen molar-refractivity contribution in [2.24, 2.45) is 11.8 Å². The Morgan fingerprint density at radius 2 is 2.00 bits per heavy atom. The van der Waals surface area contributed by atoms with Crippen LogP contribution >= 0.6 is 0 Å². The molecule has 19 heavy (non-hydrogen) atoms. The number of carboxylic acids is 1. The number of nitrogens with zero attached hydrogens (tertiary/aromatic N) is 3. The second-order valence-corrected chi connectivity index (χ2v) is 6.03. The zero-order chi connectivity index (χ0) is 13.2. The molecule has 0 aromatic carbocycles. The van der Waals surface area contributed by atoms with Gasteiger partial charge in [0.2, 0.25) is 0 Å². The lowest BCUT2D eigenvalue weighted by molar-refractivity contribution is -0.143. The molecule has 0 atom stereocenters. The van der Waals surface area contributed by atoms with Gasteiger partial charge in [-0.15, -0.1) is 10.2 Å². The molecule has 1 N–H and O–H groups in total. The molecule has 2 saturated carbocycles. The molecule has 3 rings (SSSR count). The molecule has 0 radical (unpaired) electrons. The van der Waals surface area contributed by atoms with Crippen LogP contribution in [0.1, 0.15) is 56.7 Å². The van der Waals surface area contributed by atoms with Gasteiger partial charge in [0, 0.05) is 12.5 Å². The Bertz CT molecular complexity index is 445. The summed E-state index contributed by atoms with van der Waals surface area (Å²) in [5.41, 5.74) is 0. The normalized spacial score (nSPS) is 28.0. The third-order valence-corrected chi connectivity index (χ3v) is 4.77. The molecule has 2 aliphatic rings. The van der Waals surface area contributed by atoms with Crippen molar-refractivity contribution >= 4 is 5.97 Å². The van der Waals surface area contributed by atoms with Crippen molar-refractivity contribution in [1.82, 2.24) is 14.8 Å². The first-order valence-electron chi connectivity index (χ1n) is 7.34. The fourth-order valence-corrected chi connectivity index (χ4v) is 3.26. The van der Waals surface area contributed by atoms with Crippen molar-refractivity contribution in [3.63, 3.8) is 0 Å². The Kier molecular flexibility index (Phi) is 3.53. The molecule has 5 nitrogen and oxygen atoms in total. The van der Waals surface area contributed by atoms with Crippen LogP contribution in [0.2, 0.25) is 0 Å². The number of hydrogen-bond acceptors (Lipinski definition) is 3. The standard InChI is InChI=1S/C14H21N3O2/c18-14(19)12-6-4-10(5-7-12)8-17-9-15-16-13(17)11-2-1-3-11/h9-12H,1-8H2,(H,18,19). The van der Waals surface area contributed by atoms with E-state index in [9.17, 15) is 4.79 Å². The van der Waals surface area contributed by atoms with Crippen molar-refractivity contribution in [3.05, 3.63) is 12.2 Å². The highest BCUT2D eigenvalue weighted by molar-refractivity contribution is 5.69. The molecular weight excluding hydrogens is 242 g/mol. The minimum Gasteiger partial charge on any atom is -0.481 e. The van der Waals surface area contributed by atoms with Crippen LogP contribution in [0, 0.1) is 11.8 Å². The Balaban J connectivity index is 1.57. The second-order valence-electron chi connectivity index (χ2n) is 6.03. The molecule has 0 aliphatic heterocycles. The number of carboxylic acid groups (broad SMARTS) is 1. The van der Waals surface area contributed by atoms with E-state index in [1.807, 2.05) is 6.33 Å². The number of aliphatic carboxylic acids is 1. The van der Waals surface area contributed by atoms with Crippen LogP contribution in [0.15, 0.2) is 6.33 Å². The Hall–Kier alpha value is -1.39. The maximum atomic E-state index is 10.9. The summed E-state index contributed by atoms with van der Waals surface area (Å²) >= 11 is 0. The van der Waals surface area contributed by atoms with Gasteiger partial charge in [0.15, 0.2) is 0 Å². The van der Waals surface area contributed by atoms with Crippen LogP contribution in [0.4, 0.5) is 0 Å².